The van der Waals surface area contributed by atoms with Crippen molar-refractivity contribution in [3.63, 3.8) is 0 Å². The van der Waals surface area contributed by atoms with Crippen LogP contribution in [0.1, 0.15) is 58.8 Å². The molecule has 15 heteroatoms. The molecule has 0 fully saturated rings. The van der Waals surface area contributed by atoms with Gasteiger partial charge in [-0.2, -0.15) is 0 Å². The van der Waals surface area contributed by atoms with Gasteiger partial charge in [0.2, 0.25) is 17.7 Å². The summed E-state index contributed by atoms with van der Waals surface area (Å²) in [6.07, 6.45) is 1.13. The highest BCUT2D eigenvalue weighted by Gasteiger charge is 2.30. The molecule has 0 radical (unpaired) electrons. The van der Waals surface area contributed by atoms with Crippen molar-refractivity contribution in [3.8, 4) is 0 Å². The number of guanidine groups is 1. The van der Waals surface area contributed by atoms with Gasteiger partial charge >= 0.3 is 11.9 Å². The second-order valence-corrected chi connectivity index (χ2v) is 9.12. The Morgan fingerprint density at radius 2 is 1.38 bits per heavy atom. The van der Waals surface area contributed by atoms with E-state index in [2.05, 4.69) is 21.3 Å². The maximum atomic E-state index is 13.1. The van der Waals surface area contributed by atoms with Gasteiger partial charge < -0.3 is 48.7 Å². The summed E-state index contributed by atoms with van der Waals surface area (Å²) in [6.45, 7) is 4.21. The third-order valence-electron chi connectivity index (χ3n) is 5.25. The highest BCUT2D eigenvalue weighted by molar-refractivity contribution is 5.94. The van der Waals surface area contributed by atoms with Crippen molar-refractivity contribution in [3.05, 3.63) is 0 Å². The summed E-state index contributed by atoms with van der Waals surface area (Å²) in [5.41, 5.74) is 16.3. The van der Waals surface area contributed by atoms with E-state index < -0.39 is 60.2 Å². The number of aliphatic carboxylic acids is 2. The Bertz CT molecular complexity index is 793. The molecular weight excluding hydrogens is 488 g/mol. The van der Waals surface area contributed by atoms with Crippen LogP contribution in [-0.4, -0.2) is 83.1 Å². The third kappa shape index (κ3) is 15.3. The summed E-state index contributed by atoms with van der Waals surface area (Å²) >= 11 is 0. The third-order valence-corrected chi connectivity index (χ3v) is 5.25. The molecule has 0 heterocycles. The van der Waals surface area contributed by atoms with Gasteiger partial charge in [-0.05, 0) is 51.0 Å². The van der Waals surface area contributed by atoms with Crippen LogP contribution in [0.2, 0.25) is 0 Å². The van der Waals surface area contributed by atoms with Crippen LogP contribution in [0.5, 0.6) is 0 Å². The lowest BCUT2D eigenvalue weighted by Crippen LogP contribution is -2.57. The van der Waals surface area contributed by atoms with Crippen LogP contribution in [0.4, 0.5) is 0 Å². The number of carboxylic acid groups (broad SMARTS) is 2. The van der Waals surface area contributed by atoms with Gasteiger partial charge in [-0.1, -0.05) is 13.8 Å². The molecule has 0 saturated carbocycles. The zero-order valence-electron chi connectivity index (χ0n) is 21.4. The minimum atomic E-state index is -1.37. The molecule has 3 amide bonds. The van der Waals surface area contributed by atoms with Gasteiger partial charge in [0.25, 0.3) is 0 Å². The predicted molar refractivity (Wildman–Crippen MR) is 135 cm³/mol. The zero-order valence-corrected chi connectivity index (χ0v) is 21.4. The smallest absolute Gasteiger partial charge is 0.326 e. The summed E-state index contributed by atoms with van der Waals surface area (Å²) in [5, 5.41) is 35.6. The summed E-state index contributed by atoms with van der Waals surface area (Å²) in [7, 11) is 0. The molecule has 37 heavy (non-hydrogen) atoms. The number of carboxylic acids is 2. The number of amides is 3. The Balaban J connectivity index is 5.58. The van der Waals surface area contributed by atoms with E-state index in [4.69, 9.17) is 27.7 Å². The van der Waals surface area contributed by atoms with Gasteiger partial charge in [0.05, 0.1) is 12.5 Å². The highest BCUT2D eigenvalue weighted by Crippen LogP contribution is 2.08. The lowest BCUT2D eigenvalue weighted by Gasteiger charge is -2.26. The zero-order chi connectivity index (χ0) is 28.5. The van der Waals surface area contributed by atoms with E-state index in [1.165, 1.54) is 0 Å². The van der Waals surface area contributed by atoms with Gasteiger partial charge in [0.15, 0.2) is 5.96 Å². The van der Waals surface area contributed by atoms with Crippen LogP contribution in [0.15, 0.2) is 0 Å². The molecule has 0 aliphatic rings. The molecule has 0 aliphatic carbocycles. The first-order chi connectivity index (χ1) is 17.3. The summed E-state index contributed by atoms with van der Waals surface area (Å²) < 4.78 is 0. The first kappa shape index (κ1) is 33.5. The number of hydrogen-bond acceptors (Lipinski definition) is 8. The van der Waals surface area contributed by atoms with E-state index in [-0.39, 0.29) is 37.7 Å². The second kappa shape index (κ2) is 17.9. The van der Waals surface area contributed by atoms with E-state index in [1.54, 1.807) is 13.8 Å². The molecule has 0 bridgehead atoms. The number of hydrogen-bond donors (Lipinski definition) is 10. The topological polar surface area (TPSA) is 276 Å². The lowest BCUT2D eigenvalue weighted by atomic mass is 10.0. The average Bonchev–Trinajstić information content (AvgIpc) is 2.78. The minimum absolute atomic E-state index is 0.0577. The molecule has 15 nitrogen and oxygen atoms in total. The van der Waals surface area contributed by atoms with Crippen LogP contribution in [0.3, 0.4) is 0 Å². The number of nitrogens with one attached hydrogen (secondary N) is 5. The number of carbonyl (C=O) groups is 5. The lowest BCUT2D eigenvalue weighted by molar-refractivity contribution is -0.142. The van der Waals surface area contributed by atoms with Crippen LogP contribution in [0.25, 0.3) is 0 Å². The van der Waals surface area contributed by atoms with Crippen molar-refractivity contribution in [2.75, 3.05) is 13.1 Å². The molecule has 0 spiro atoms. The van der Waals surface area contributed by atoms with Gasteiger partial charge in [0, 0.05) is 6.54 Å². The van der Waals surface area contributed by atoms with Gasteiger partial charge in [-0.15, -0.1) is 0 Å². The first-order valence-electron chi connectivity index (χ1n) is 12.2. The average molecular weight is 531 g/mol. The van der Waals surface area contributed by atoms with Gasteiger partial charge in [-0.3, -0.25) is 24.6 Å². The van der Waals surface area contributed by atoms with Crippen molar-refractivity contribution in [2.24, 2.45) is 23.1 Å². The molecule has 0 aliphatic heterocycles. The van der Waals surface area contributed by atoms with Crippen LogP contribution in [-0.2, 0) is 24.0 Å². The number of carbonyl (C=O) groups excluding carboxylic acids is 3. The summed E-state index contributed by atoms with van der Waals surface area (Å²) in [4.78, 5) is 60.9. The number of unbranched alkanes of at least 4 members (excludes halogenated alkanes) is 1. The fraction of sp³-hybridized carbons (Fsp3) is 0.727. The van der Waals surface area contributed by atoms with E-state index in [9.17, 15) is 29.1 Å². The van der Waals surface area contributed by atoms with Crippen LogP contribution in [0, 0.1) is 11.3 Å². The molecule has 0 saturated heterocycles. The second-order valence-electron chi connectivity index (χ2n) is 9.12. The maximum absolute atomic E-state index is 13.1. The first-order valence-corrected chi connectivity index (χ1v) is 12.2. The van der Waals surface area contributed by atoms with Crippen molar-refractivity contribution in [2.45, 2.75) is 83.0 Å². The number of nitrogens with two attached hydrogens (primary N) is 3. The van der Waals surface area contributed by atoms with E-state index in [1.807, 2.05) is 0 Å². The molecular formula is C22H42N8O7. The predicted octanol–water partition coefficient (Wildman–Crippen LogP) is -2.23. The molecule has 13 N–H and O–H groups in total. The Labute approximate surface area is 216 Å². The standard InChI is InChI=1S/C22H42N8O7/c1-12(2)10-16(30-18(33)13(24)11-17(31)32)20(35)28-14(7-5-9-27-22(25)26)19(34)29-15(21(36)37)6-3-4-8-23/h12-16H,3-11,23-24H2,1-2H3,(H,28,35)(H,29,34)(H,30,33)(H,31,32)(H,36,37)(H4,25,26,27)/t13-,14+,15+,16+/m1/s1. The Morgan fingerprint density at radius 3 is 1.89 bits per heavy atom. The van der Waals surface area contributed by atoms with Crippen molar-refractivity contribution >= 4 is 35.6 Å². The van der Waals surface area contributed by atoms with Crippen LogP contribution >= 0.6 is 0 Å². The minimum Gasteiger partial charge on any atom is -0.481 e. The monoisotopic (exact) mass is 530 g/mol. The Kier molecular flexibility index (Phi) is 16.2. The number of rotatable bonds is 19. The molecule has 4 atom stereocenters. The molecule has 212 valence electrons. The highest BCUT2D eigenvalue weighted by atomic mass is 16.4. The normalized spacial score (nSPS) is 14.1. The van der Waals surface area contributed by atoms with Crippen molar-refractivity contribution in [1.29, 1.82) is 5.41 Å². The fourth-order valence-corrected chi connectivity index (χ4v) is 3.36. The SMILES string of the molecule is CC(C)C[C@H](NC(=O)[C@H](N)CC(=O)O)C(=O)N[C@@H](CCCNC(=N)N)C(=O)N[C@@H](CCCCN)C(=O)O. The van der Waals surface area contributed by atoms with Crippen molar-refractivity contribution in [1.82, 2.24) is 21.3 Å². The maximum Gasteiger partial charge on any atom is 0.326 e. The van der Waals surface area contributed by atoms with Gasteiger partial charge in [-0.25, -0.2) is 4.79 Å². The Hall–Kier alpha value is -3.46. The quantitative estimate of drug-likeness (QED) is 0.0484. The van der Waals surface area contributed by atoms with E-state index >= 15 is 0 Å². The van der Waals surface area contributed by atoms with Gasteiger partial charge in [0.1, 0.15) is 18.1 Å². The Morgan fingerprint density at radius 1 is 0.838 bits per heavy atom. The van der Waals surface area contributed by atoms with Crippen molar-refractivity contribution < 1.29 is 34.2 Å². The molecule has 0 unspecified atom stereocenters. The molecule has 0 aromatic carbocycles. The summed E-state index contributed by atoms with van der Waals surface area (Å²) in [6, 6.07) is -4.83. The fourth-order valence-electron chi connectivity index (χ4n) is 3.36. The molecule has 0 rings (SSSR count). The summed E-state index contributed by atoms with van der Waals surface area (Å²) in [5.74, 6) is -5.10. The van der Waals surface area contributed by atoms with Crippen LogP contribution < -0.4 is 38.5 Å². The largest absolute Gasteiger partial charge is 0.481 e. The van der Waals surface area contributed by atoms with E-state index in [0.717, 1.165) is 0 Å². The molecule has 0 aromatic rings. The van der Waals surface area contributed by atoms with E-state index in [0.29, 0.717) is 25.8 Å². The molecule has 0 aromatic heterocycles.